The number of hydrogen-bond donors (Lipinski definition) is 0. The highest BCUT2D eigenvalue weighted by Gasteiger charge is 2.13. The van der Waals surface area contributed by atoms with Crippen molar-refractivity contribution >= 4 is 17.6 Å². The second kappa shape index (κ2) is 8.05. The molecule has 0 radical (unpaired) electrons. The van der Waals surface area contributed by atoms with E-state index in [1.807, 2.05) is 66.7 Å². The predicted molar refractivity (Wildman–Crippen MR) is 86.6 cm³/mol. The van der Waals surface area contributed by atoms with Crippen LogP contribution in [-0.4, -0.2) is 12.6 Å². The van der Waals surface area contributed by atoms with Crippen molar-refractivity contribution in [2.45, 2.75) is 19.8 Å². The van der Waals surface area contributed by atoms with E-state index < -0.39 is 0 Å². The fourth-order valence-corrected chi connectivity index (χ4v) is 1.98. The maximum atomic E-state index is 12.3. The number of carbonyl (C=O) groups excluding carboxylic acids is 1. The molecule has 0 aromatic heterocycles. The molecule has 2 heteroatoms. The first-order chi connectivity index (χ1) is 10.3. The average molecular weight is 280 g/mol. The average Bonchev–Trinajstić information content (AvgIpc) is 2.54. The fourth-order valence-electron chi connectivity index (χ4n) is 1.98. The number of benzene rings is 2. The third kappa shape index (κ3) is 4.60. The molecule has 0 fully saturated rings. The normalized spacial score (nSPS) is 11.2. The second-order valence-electron chi connectivity index (χ2n) is 4.82. The lowest BCUT2D eigenvalue weighted by Crippen LogP contribution is -2.08. The monoisotopic (exact) mass is 280 g/mol. The van der Waals surface area contributed by atoms with Crippen molar-refractivity contribution in [1.82, 2.24) is 0 Å². The van der Waals surface area contributed by atoms with Gasteiger partial charge in [0.15, 0.2) is 0 Å². The third-order valence-electron chi connectivity index (χ3n) is 3.15. The first-order valence-electron chi connectivity index (χ1n) is 7.30. The molecule has 2 aromatic carbocycles. The van der Waals surface area contributed by atoms with Crippen LogP contribution in [0.4, 0.5) is 0 Å². The summed E-state index contributed by atoms with van der Waals surface area (Å²) in [6, 6.07) is 19.5. The first kappa shape index (κ1) is 15.0. The molecule has 0 aliphatic carbocycles. The standard InChI is InChI=1S/C19H20O2/c1-2-3-14-21-19(20)18(17-12-8-5-9-13-17)15-16-10-6-4-7-11-16/h4-13,15H,2-3,14H2,1H3. The summed E-state index contributed by atoms with van der Waals surface area (Å²) < 4.78 is 5.36. The van der Waals surface area contributed by atoms with E-state index in [-0.39, 0.29) is 5.97 Å². The topological polar surface area (TPSA) is 26.3 Å². The molecule has 0 aliphatic heterocycles. The van der Waals surface area contributed by atoms with Gasteiger partial charge in [0.2, 0.25) is 0 Å². The summed E-state index contributed by atoms with van der Waals surface area (Å²) in [6.45, 7) is 2.54. The van der Waals surface area contributed by atoms with Crippen LogP contribution in [0.25, 0.3) is 11.6 Å². The van der Waals surface area contributed by atoms with E-state index in [2.05, 4.69) is 6.92 Å². The van der Waals surface area contributed by atoms with E-state index in [1.165, 1.54) is 0 Å². The molecule has 108 valence electrons. The molecule has 2 rings (SSSR count). The van der Waals surface area contributed by atoms with Crippen LogP contribution in [0.15, 0.2) is 60.7 Å². The minimum absolute atomic E-state index is 0.265. The van der Waals surface area contributed by atoms with Crippen molar-refractivity contribution in [3.8, 4) is 0 Å². The molecule has 0 unspecified atom stereocenters. The van der Waals surface area contributed by atoms with E-state index in [1.54, 1.807) is 0 Å². The number of carbonyl (C=O) groups is 1. The maximum absolute atomic E-state index is 12.3. The third-order valence-corrected chi connectivity index (χ3v) is 3.15. The van der Waals surface area contributed by atoms with E-state index >= 15 is 0 Å². The quantitative estimate of drug-likeness (QED) is 0.335. The van der Waals surface area contributed by atoms with Crippen LogP contribution in [0.2, 0.25) is 0 Å². The molecule has 0 bridgehead atoms. The Kier molecular flexibility index (Phi) is 5.77. The second-order valence-corrected chi connectivity index (χ2v) is 4.82. The summed E-state index contributed by atoms with van der Waals surface area (Å²) in [6.07, 6.45) is 3.78. The van der Waals surface area contributed by atoms with Crippen molar-refractivity contribution in [3.63, 3.8) is 0 Å². The van der Waals surface area contributed by atoms with Crippen molar-refractivity contribution in [2.75, 3.05) is 6.61 Å². The lowest BCUT2D eigenvalue weighted by Gasteiger charge is -2.08. The van der Waals surface area contributed by atoms with Crippen LogP contribution >= 0.6 is 0 Å². The smallest absolute Gasteiger partial charge is 0.338 e. The first-order valence-corrected chi connectivity index (χ1v) is 7.30. The van der Waals surface area contributed by atoms with Gasteiger partial charge in [0.1, 0.15) is 0 Å². The van der Waals surface area contributed by atoms with Gasteiger partial charge >= 0.3 is 5.97 Å². The van der Waals surface area contributed by atoms with E-state index in [0.29, 0.717) is 12.2 Å². The Bertz CT molecular complexity index is 585. The molecule has 0 saturated carbocycles. The predicted octanol–water partition coefficient (Wildman–Crippen LogP) is 4.57. The van der Waals surface area contributed by atoms with Crippen LogP contribution in [0, 0.1) is 0 Å². The van der Waals surface area contributed by atoms with Gasteiger partial charge < -0.3 is 4.74 Å². The largest absolute Gasteiger partial charge is 0.462 e. The molecule has 0 heterocycles. The van der Waals surface area contributed by atoms with Gasteiger partial charge in [0.05, 0.1) is 12.2 Å². The molecule has 0 N–H and O–H groups in total. The Hall–Kier alpha value is -2.35. The summed E-state index contributed by atoms with van der Waals surface area (Å²) in [5.41, 5.74) is 2.46. The Morgan fingerprint density at radius 2 is 1.62 bits per heavy atom. The molecular weight excluding hydrogens is 260 g/mol. The van der Waals surface area contributed by atoms with Crippen molar-refractivity contribution in [1.29, 1.82) is 0 Å². The molecule has 0 amide bonds. The molecule has 0 spiro atoms. The highest BCUT2D eigenvalue weighted by Crippen LogP contribution is 2.20. The number of esters is 1. The van der Waals surface area contributed by atoms with Gasteiger partial charge in [-0.1, -0.05) is 74.0 Å². The van der Waals surface area contributed by atoms with Crippen molar-refractivity contribution in [3.05, 3.63) is 71.8 Å². The highest BCUT2D eigenvalue weighted by molar-refractivity contribution is 6.21. The number of rotatable bonds is 6. The van der Waals surface area contributed by atoms with Gasteiger partial charge in [0, 0.05) is 0 Å². The highest BCUT2D eigenvalue weighted by atomic mass is 16.5. The van der Waals surface area contributed by atoms with Crippen molar-refractivity contribution in [2.24, 2.45) is 0 Å². The van der Waals surface area contributed by atoms with E-state index in [9.17, 15) is 4.79 Å². The van der Waals surface area contributed by atoms with Gasteiger partial charge in [-0.25, -0.2) is 4.79 Å². The van der Waals surface area contributed by atoms with E-state index in [0.717, 1.165) is 24.0 Å². The van der Waals surface area contributed by atoms with Crippen LogP contribution in [0.5, 0.6) is 0 Å². The lowest BCUT2D eigenvalue weighted by atomic mass is 10.0. The molecule has 21 heavy (non-hydrogen) atoms. The summed E-state index contributed by atoms with van der Waals surface area (Å²) in [4.78, 5) is 12.3. The van der Waals surface area contributed by atoms with Crippen LogP contribution in [-0.2, 0) is 9.53 Å². The zero-order chi connectivity index (χ0) is 14.9. The summed E-state index contributed by atoms with van der Waals surface area (Å²) >= 11 is 0. The number of ether oxygens (including phenoxy) is 1. The summed E-state index contributed by atoms with van der Waals surface area (Å²) in [5.74, 6) is -0.265. The Morgan fingerprint density at radius 1 is 1.00 bits per heavy atom. The Balaban J connectivity index is 2.27. The Labute approximate surface area is 126 Å². The van der Waals surface area contributed by atoms with Crippen LogP contribution in [0.3, 0.4) is 0 Å². The molecule has 0 atom stereocenters. The zero-order valence-corrected chi connectivity index (χ0v) is 12.3. The SMILES string of the molecule is CCCCOC(=O)C(=Cc1ccccc1)c1ccccc1. The van der Waals surface area contributed by atoms with Crippen LogP contribution in [0.1, 0.15) is 30.9 Å². The van der Waals surface area contributed by atoms with Gasteiger partial charge in [0.25, 0.3) is 0 Å². The summed E-state index contributed by atoms with van der Waals surface area (Å²) in [7, 11) is 0. The molecular formula is C19H20O2. The van der Waals surface area contributed by atoms with Gasteiger partial charge in [-0.3, -0.25) is 0 Å². The fraction of sp³-hybridized carbons (Fsp3) is 0.211. The zero-order valence-electron chi connectivity index (χ0n) is 12.3. The van der Waals surface area contributed by atoms with Crippen molar-refractivity contribution < 1.29 is 9.53 Å². The number of hydrogen-bond acceptors (Lipinski definition) is 2. The van der Waals surface area contributed by atoms with Gasteiger partial charge in [-0.2, -0.15) is 0 Å². The summed E-state index contributed by atoms with van der Waals surface area (Å²) in [5, 5.41) is 0. The molecule has 0 saturated heterocycles. The number of unbranched alkanes of at least 4 members (excludes halogenated alkanes) is 1. The maximum Gasteiger partial charge on any atom is 0.338 e. The van der Waals surface area contributed by atoms with Gasteiger partial charge in [-0.05, 0) is 23.6 Å². The minimum Gasteiger partial charge on any atom is -0.462 e. The molecule has 0 aliphatic rings. The van der Waals surface area contributed by atoms with Crippen LogP contribution < -0.4 is 0 Å². The van der Waals surface area contributed by atoms with E-state index in [4.69, 9.17) is 4.74 Å². The minimum atomic E-state index is -0.265. The molecule has 2 aromatic rings. The Morgan fingerprint density at radius 3 is 2.24 bits per heavy atom. The molecule has 2 nitrogen and oxygen atoms in total. The lowest BCUT2D eigenvalue weighted by molar-refractivity contribution is -0.136. The van der Waals surface area contributed by atoms with Gasteiger partial charge in [-0.15, -0.1) is 0 Å².